The molecule has 0 aliphatic carbocycles. The number of ether oxygens (including phenoxy) is 1. The number of carbonyl (C=O) groups excluding carboxylic acids is 1. The molecular weight excluding hydrogens is 443 g/mol. The fourth-order valence-electron chi connectivity index (χ4n) is 4.96. The summed E-state index contributed by atoms with van der Waals surface area (Å²) in [5, 5.41) is 0. The first-order valence-electron chi connectivity index (χ1n) is 11.1. The molecule has 2 aromatic rings. The SMILES string of the molecule is CCN(CC)CC1(C)CN(C)C(C)CC1(OC(=O)c1ccccc1)c1ccccc1.Cl.Cl. The Kier molecular flexibility index (Phi) is 10.7. The van der Waals surface area contributed by atoms with Crippen molar-refractivity contribution in [2.75, 3.05) is 33.2 Å². The van der Waals surface area contributed by atoms with Crippen LogP contribution in [-0.4, -0.2) is 55.0 Å². The van der Waals surface area contributed by atoms with Gasteiger partial charge in [-0.15, -0.1) is 24.8 Å². The van der Waals surface area contributed by atoms with E-state index in [0.717, 1.165) is 38.2 Å². The molecule has 6 heteroatoms. The summed E-state index contributed by atoms with van der Waals surface area (Å²) in [5.41, 5.74) is 0.732. The van der Waals surface area contributed by atoms with Gasteiger partial charge in [0.2, 0.25) is 0 Å². The molecule has 0 radical (unpaired) electrons. The Bertz CT molecular complexity index is 832. The Hall–Kier alpha value is -1.59. The van der Waals surface area contributed by atoms with E-state index in [-0.39, 0.29) is 36.2 Å². The molecule has 4 nitrogen and oxygen atoms in total. The van der Waals surface area contributed by atoms with Gasteiger partial charge in [0.05, 0.1) is 5.56 Å². The monoisotopic (exact) mass is 480 g/mol. The number of hydrogen-bond donors (Lipinski definition) is 0. The molecule has 3 unspecified atom stereocenters. The lowest BCUT2D eigenvalue weighted by Crippen LogP contribution is -2.63. The lowest BCUT2D eigenvalue weighted by molar-refractivity contribution is -0.159. The molecule has 1 fully saturated rings. The number of carbonyl (C=O) groups is 1. The molecule has 3 atom stereocenters. The highest BCUT2D eigenvalue weighted by molar-refractivity contribution is 5.89. The average Bonchev–Trinajstić information content (AvgIpc) is 2.77. The standard InChI is InChI=1S/C26H36N2O2.2ClH/c1-6-28(7-2)20-25(4)19-27(5)21(3)18-26(25,23-16-12-9-13-17-23)30-24(29)22-14-10-8-11-15-22;;/h8-17,21H,6-7,18-20H2,1-5H3;2*1H. The summed E-state index contributed by atoms with van der Waals surface area (Å²) in [4.78, 5) is 18.2. The molecule has 0 N–H and O–H groups in total. The predicted octanol–water partition coefficient (Wildman–Crippen LogP) is 5.65. The maximum Gasteiger partial charge on any atom is 0.339 e. The zero-order chi connectivity index (χ0) is 21.8. The number of halogens is 2. The number of likely N-dealkylation sites (tertiary alicyclic amines) is 1. The number of benzene rings is 2. The van der Waals surface area contributed by atoms with Gasteiger partial charge in [-0.05, 0) is 44.8 Å². The second-order valence-electron chi connectivity index (χ2n) is 8.94. The highest BCUT2D eigenvalue weighted by atomic mass is 35.5. The molecule has 1 heterocycles. The molecule has 0 aromatic heterocycles. The maximum atomic E-state index is 13.3. The minimum Gasteiger partial charge on any atom is -0.450 e. The fourth-order valence-corrected chi connectivity index (χ4v) is 4.96. The molecule has 1 aliphatic heterocycles. The molecule has 1 aliphatic rings. The first-order valence-corrected chi connectivity index (χ1v) is 11.1. The van der Waals surface area contributed by atoms with Gasteiger partial charge in [-0.1, -0.05) is 69.3 Å². The van der Waals surface area contributed by atoms with Crippen molar-refractivity contribution in [3.8, 4) is 0 Å². The zero-order valence-corrected chi connectivity index (χ0v) is 21.5. The van der Waals surface area contributed by atoms with Gasteiger partial charge in [0.15, 0.2) is 0 Å². The molecule has 1 saturated heterocycles. The van der Waals surface area contributed by atoms with Gasteiger partial charge in [0, 0.05) is 31.0 Å². The molecule has 32 heavy (non-hydrogen) atoms. The van der Waals surface area contributed by atoms with E-state index in [1.807, 2.05) is 48.5 Å². The Morgan fingerprint density at radius 2 is 1.56 bits per heavy atom. The van der Waals surface area contributed by atoms with E-state index >= 15 is 0 Å². The molecule has 0 amide bonds. The molecule has 178 valence electrons. The minimum absolute atomic E-state index is 0. The third-order valence-corrected chi connectivity index (χ3v) is 6.89. The Labute approximate surface area is 206 Å². The first-order chi connectivity index (χ1) is 14.3. The van der Waals surface area contributed by atoms with Crippen molar-refractivity contribution in [2.24, 2.45) is 5.41 Å². The third-order valence-electron chi connectivity index (χ3n) is 6.89. The smallest absolute Gasteiger partial charge is 0.339 e. The topological polar surface area (TPSA) is 32.8 Å². The van der Waals surface area contributed by atoms with E-state index in [2.05, 4.69) is 56.7 Å². The van der Waals surface area contributed by atoms with Crippen LogP contribution in [0.5, 0.6) is 0 Å². The predicted molar refractivity (Wildman–Crippen MR) is 137 cm³/mol. The van der Waals surface area contributed by atoms with Gasteiger partial charge in [0.25, 0.3) is 0 Å². The minimum atomic E-state index is -0.699. The van der Waals surface area contributed by atoms with Gasteiger partial charge >= 0.3 is 5.97 Å². The number of piperidine rings is 1. The summed E-state index contributed by atoms with van der Waals surface area (Å²) >= 11 is 0. The molecule has 0 spiro atoms. The maximum absolute atomic E-state index is 13.3. The van der Waals surface area contributed by atoms with Crippen LogP contribution in [0.4, 0.5) is 0 Å². The van der Waals surface area contributed by atoms with E-state index in [1.54, 1.807) is 0 Å². The van der Waals surface area contributed by atoms with Gasteiger partial charge in [-0.3, -0.25) is 0 Å². The molecule has 3 rings (SSSR count). The average molecular weight is 482 g/mol. The largest absolute Gasteiger partial charge is 0.450 e. The van der Waals surface area contributed by atoms with Crippen molar-refractivity contribution in [2.45, 2.75) is 45.8 Å². The molecular formula is C26H38Cl2N2O2. The normalized spacial score (nSPS) is 25.5. The van der Waals surface area contributed by atoms with Crippen molar-refractivity contribution in [3.05, 3.63) is 71.8 Å². The molecule has 0 saturated carbocycles. The highest BCUT2D eigenvalue weighted by Crippen LogP contribution is 2.51. The zero-order valence-electron chi connectivity index (χ0n) is 19.9. The summed E-state index contributed by atoms with van der Waals surface area (Å²) in [5.74, 6) is -0.248. The number of nitrogens with zero attached hydrogens (tertiary/aromatic N) is 2. The van der Waals surface area contributed by atoms with Crippen molar-refractivity contribution >= 4 is 30.8 Å². The van der Waals surface area contributed by atoms with Crippen LogP contribution in [-0.2, 0) is 10.3 Å². The van der Waals surface area contributed by atoms with Crippen LogP contribution in [0.25, 0.3) is 0 Å². The van der Waals surface area contributed by atoms with Crippen molar-refractivity contribution in [3.63, 3.8) is 0 Å². The summed E-state index contributed by atoms with van der Waals surface area (Å²) in [6, 6.07) is 20.0. The Morgan fingerprint density at radius 1 is 1.03 bits per heavy atom. The van der Waals surface area contributed by atoms with E-state index in [0.29, 0.717) is 11.6 Å². The third kappa shape index (κ3) is 5.66. The fraction of sp³-hybridized carbons (Fsp3) is 0.500. The van der Waals surface area contributed by atoms with Gasteiger partial charge in [0.1, 0.15) is 5.60 Å². The molecule has 0 bridgehead atoms. The second kappa shape index (κ2) is 12.0. The van der Waals surface area contributed by atoms with Crippen LogP contribution in [0.15, 0.2) is 60.7 Å². The van der Waals surface area contributed by atoms with E-state index in [9.17, 15) is 4.79 Å². The lowest BCUT2D eigenvalue weighted by atomic mass is 9.63. The van der Waals surface area contributed by atoms with Gasteiger partial charge in [-0.2, -0.15) is 0 Å². The van der Waals surface area contributed by atoms with Crippen LogP contribution in [0.1, 0.15) is 50.0 Å². The van der Waals surface area contributed by atoms with E-state index < -0.39 is 5.60 Å². The summed E-state index contributed by atoms with van der Waals surface area (Å²) in [6.45, 7) is 12.6. The quantitative estimate of drug-likeness (QED) is 0.478. The first kappa shape index (κ1) is 28.4. The number of esters is 1. The second-order valence-corrected chi connectivity index (χ2v) is 8.94. The summed E-state index contributed by atoms with van der Waals surface area (Å²) in [6.07, 6.45) is 0.768. The van der Waals surface area contributed by atoms with Crippen LogP contribution < -0.4 is 0 Å². The Morgan fingerprint density at radius 3 is 2.09 bits per heavy atom. The van der Waals surface area contributed by atoms with Gasteiger partial charge < -0.3 is 14.5 Å². The van der Waals surface area contributed by atoms with Crippen molar-refractivity contribution in [1.29, 1.82) is 0 Å². The molecule has 2 aromatic carbocycles. The number of rotatable bonds is 7. The van der Waals surface area contributed by atoms with Crippen LogP contribution in [0.3, 0.4) is 0 Å². The highest BCUT2D eigenvalue weighted by Gasteiger charge is 2.57. The summed E-state index contributed by atoms with van der Waals surface area (Å²) in [7, 11) is 2.18. The summed E-state index contributed by atoms with van der Waals surface area (Å²) < 4.78 is 6.58. The van der Waals surface area contributed by atoms with Crippen molar-refractivity contribution < 1.29 is 9.53 Å². The van der Waals surface area contributed by atoms with Crippen LogP contribution in [0, 0.1) is 5.41 Å². The van der Waals surface area contributed by atoms with Crippen molar-refractivity contribution in [1.82, 2.24) is 9.80 Å². The van der Waals surface area contributed by atoms with Crippen LogP contribution >= 0.6 is 24.8 Å². The lowest BCUT2D eigenvalue weighted by Gasteiger charge is -2.56. The van der Waals surface area contributed by atoms with Gasteiger partial charge in [-0.25, -0.2) is 4.79 Å². The number of hydrogen-bond acceptors (Lipinski definition) is 4. The van der Waals surface area contributed by atoms with Crippen LogP contribution in [0.2, 0.25) is 0 Å². The van der Waals surface area contributed by atoms with E-state index in [4.69, 9.17) is 4.74 Å². The Balaban J connectivity index is 0.00000256. The van der Waals surface area contributed by atoms with E-state index in [1.165, 1.54) is 0 Å².